The highest BCUT2D eigenvalue weighted by molar-refractivity contribution is 7.19. The molecule has 0 spiro atoms. The molecule has 6 nitrogen and oxygen atoms in total. The number of anilines is 1. The van der Waals surface area contributed by atoms with Gasteiger partial charge in [-0.15, -0.1) is 23.7 Å². The van der Waals surface area contributed by atoms with Gasteiger partial charge in [0.1, 0.15) is 16.5 Å². The number of carboxylic acids is 1. The van der Waals surface area contributed by atoms with Crippen molar-refractivity contribution in [3.05, 3.63) is 16.3 Å². The second kappa shape index (κ2) is 6.82. The van der Waals surface area contributed by atoms with E-state index >= 15 is 0 Å². The summed E-state index contributed by atoms with van der Waals surface area (Å²) in [6.07, 6.45) is 5.35. The van der Waals surface area contributed by atoms with Crippen LogP contribution in [0.3, 0.4) is 0 Å². The highest BCUT2D eigenvalue weighted by Crippen LogP contribution is 2.37. The Bertz CT molecular complexity index is 779. The maximum absolute atomic E-state index is 11.1. The summed E-state index contributed by atoms with van der Waals surface area (Å²) < 4.78 is 0. The molecular formula is C16H21ClN4O2S. The monoisotopic (exact) mass is 368 g/mol. The van der Waals surface area contributed by atoms with Crippen molar-refractivity contribution in [2.75, 3.05) is 18.8 Å². The van der Waals surface area contributed by atoms with Crippen LogP contribution >= 0.6 is 23.7 Å². The van der Waals surface area contributed by atoms with Crippen molar-refractivity contribution >= 4 is 45.7 Å². The number of hydrogen-bond donors (Lipinski definition) is 2. The van der Waals surface area contributed by atoms with Crippen molar-refractivity contribution in [3.63, 3.8) is 0 Å². The van der Waals surface area contributed by atoms with Gasteiger partial charge in [0.25, 0.3) is 0 Å². The summed E-state index contributed by atoms with van der Waals surface area (Å²) in [6, 6.07) is 0. The number of likely N-dealkylation sites (tertiary alicyclic amines) is 1. The van der Waals surface area contributed by atoms with Gasteiger partial charge in [0.2, 0.25) is 0 Å². The zero-order chi connectivity index (χ0) is 16.0. The Labute approximate surface area is 150 Å². The van der Waals surface area contributed by atoms with Crippen LogP contribution in [0, 0.1) is 5.92 Å². The average molecular weight is 369 g/mol. The Hall–Kier alpha value is -1.44. The summed E-state index contributed by atoms with van der Waals surface area (Å²) in [7, 11) is 0. The zero-order valence-electron chi connectivity index (χ0n) is 13.3. The van der Waals surface area contributed by atoms with E-state index in [4.69, 9.17) is 15.8 Å². The Morgan fingerprint density at radius 3 is 2.88 bits per heavy atom. The molecule has 8 heteroatoms. The van der Waals surface area contributed by atoms with E-state index in [1.54, 1.807) is 11.3 Å². The van der Waals surface area contributed by atoms with E-state index in [-0.39, 0.29) is 18.3 Å². The predicted molar refractivity (Wildman–Crippen MR) is 96.7 cm³/mol. The summed E-state index contributed by atoms with van der Waals surface area (Å²) >= 11 is 1.75. The average Bonchev–Trinajstić information content (AvgIpc) is 3.11. The van der Waals surface area contributed by atoms with Crippen LogP contribution in [0.2, 0.25) is 0 Å². The van der Waals surface area contributed by atoms with Crippen LogP contribution in [0.1, 0.15) is 35.5 Å². The topological polar surface area (TPSA) is 92.3 Å². The molecule has 0 aromatic carbocycles. The molecule has 1 fully saturated rings. The lowest BCUT2D eigenvalue weighted by atomic mass is 9.97. The first-order valence-electron chi connectivity index (χ1n) is 8.13. The number of nitrogens with zero attached hydrogens (tertiary/aromatic N) is 3. The summed E-state index contributed by atoms with van der Waals surface area (Å²) in [5.41, 5.74) is 7.57. The van der Waals surface area contributed by atoms with Crippen molar-refractivity contribution in [2.45, 2.75) is 38.6 Å². The third-order valence-corrected chi connectivity index (χ3v) is 6.06. The number of aryl methyl sites for hydroxylation is 2. The van der Waals surface area contributed by atoms with Crippen molar-refractivity contribution in [3.8, 4) is 0 Å². The number of fused-ring (bicyclic) bond motifs is 3. The van der Waals surface area contributed by atoms with Gasteiger partial charge in [0.15, 0.2) is 0 Å². The van der Waals surface area contributed by atoms with Gasteiger partial charge in [-0.2, -0.15) is 0 Å². The number of hydrogen-bond acceptors (Lipinski definition) is 6. The molecule has 1 unspecified atom stereocenters. The van der Waals surface area contributed by atoms with E-state index in [9.17, 15) is 4.79 Å². The lowest BCUT2D eigenvalue weighted by molar-refractivity contribution is -0.141. The van der Waals surface area contributed by atoms with Crippen LogP contribution in [0.25, 0.3) is 10.2 Å². The maximum Gasteiger partial charge on any atom is 0.307 e. The van der Waals surface area contributed by atoms with E-state index in [0.717, 1.165) is 29.6 Å². The lowest BCUT2D eigenvalue weighted by Crippen LogP contribution is -2.24. The number of aromatic nitrogens is 2. The van der Waals surface area contributed by atoms with Gasteiger partial charge in [-0.1, -0.05) is 0 Å². The number of nitrogen functional groups attached to an aromatic ring is 1. The van der Waals surface area contributed by atoms with Crippen molar-refractivity contribution < 1.29 is 9.90 Å². The molecule has 1 saturated heterocycles. The Morgan fingerprint density at radius 2 is 2.12 bits per heavy atom. The number of halogens is 1. The van der Waals surface area contributed by atoms with E-state index in [1.807, 2.05) is 0 Å². The lowest BCUT2D eigenvalue weighted by Gasteiger charge is -2.14. The second-order valence-corrected chi connectivity index (χ2v) is 7.56. The highest BCUT2D eigenvalue weighted by Gasteiger charge is 2.28. The van der Waals surface area contributed by atoms with Gasteiger partial charge in [0, 0.05) is 11.4 Å². The molecule has 2 aromatic heterocycles. The predicted octanol–water partition coefficient (Wildman–Crippen LogP) is 2.48. The fourth-order valence-corrected chi connectivity index (χ4v) is 4.97. The maximum atomic E-state index is 11.1. The number of carbonyl (C=O) groups is 1. The summed E-state index contributed by atoms with van der Waals surface area (Å²) in [6.45, 7) is 1.92. The summed E-state index contributed by atoms with van der Waals surface area (Å²) in [4.78, 5) is 24.8. The molecule has 1 aliphatic carbocycles. The zero-order valence-corrected chi connectivity index (χ0v) is 15.0. The molecule has 1 atom stereocenters. The number of rotatable bonds is 3. The normalized spacial score (nSPS) is 20.8. The fraction of sp³-hybridized carbons (Fsp3) is 0.562. The fourth-order valence-electron chi connectivity index (χ4n) is 3.68. The molecule has 2 aromatic rings. The molecule has 1 aliphatic heterocycles. The van der Waals surface area contributed by atoms with Gasteiger partial charge in [0.05, 0.1) is 17.8 Å². The van der Waals surface area contributed by atoms with E-state index in [0.29, 0.717) is 31.2 Å². The minimum atomic E-state index is -0.714. The molecule has 130 valence electrons. The van der Waals surface area contributed by atoms with Crippen LogP contribution in [0.5, 0.6) is 0 Å². The van der Waals surface area contributed by atoms with Gasteiger partial charge in [-0.25, -0.2) is 9.97 Å². The van der Waals surface area contributed by atoms with Crippen LogP contribution in [0.15, 0.2) is 0 Å². The van der Waals surface area contributed by atoms with Gasteiger partial charge >= 0.3 is 5.97 Å². The first-order valence-corrected chi connectivity index (χ1v) is 8.95. The minimum absolute atomic E-state index is 0. The van der Waals surface area contributed by atoms with Gasteiger partial charge in [-0.3, -0.25) is 9.69 Å². The first-order chi connectivity index (χ1) is 11.1. The van der Waals surface area contributed by atoms with Gasteiger partial charge < -0.3 is 10.8 Å². The Morgan fingerprint density at radius 1 is 1.33 bits per heavy atom. The quantitative estimate of drug-likeness (QED) is 0.864. The Balaban J connectivity index is 0.00000169. The molecule has 0 saturated carbocycles. The van der Waals surface area contributed by atoms with Crippen LogP contribution in [-0.2, 0) is 24.2 Å². The summed E-state index contributed by atoms with van der Waals surface area (Å²) in [5, 5.41) is 10.2. The smallest absolute Gasteiger partial charge is 0.307 e. The van der Waals surface area contributed by atoms with Crippen LogP contribution in [0.4, 0.5) is 5.82 Å². The van der Waals surface area contributed by atoms with E-state index in [2.05, 4.69) is 9.88 Å². The minimum Gasteiger partial charge on any atom is -0.481 e. The largest absolute Gasteiger partial charge is 0.481 e. The highest BCUT2D eigenvalue weighted by atomic mass is 35.5. The molecule has 0 bridgehead atoms. The van der Waals surface area contributed by atoms with Crippen molar-refractivity contribution in [2.24, 2.45) is 5.92 Å². The number of aliphatic carboxylic acids is 1. The van der Waals surface area contributed by atoms with Crippen LogP contribution in [-0.4, -0.2) is 39.0 Å². The molecular weight excluding hydrogens is 348 g/mol. The standard InChI is InChI=1S/C16H20N4O2S.ClH/c17-14-13-10-3-1-2-4-11(10)23-15(13)19-12(18-14)8-20-6-5-9(7-20)16(21)22;/h9H,1-8H2,(H,21,22)(H2,17,18,19);1H. The molecule has 0 amide bonds. The third kappa shape index (κ3) is 3.08. The van der Waals surface area contributed by atoms with Crippen LogP contribution < -0.4 is 5.73 Å². The first kappa shape index (κ1) is 17.4. The van der Waals surface area contributed by atoms with Crippen molar-refractivity contribution in [1.82, 2.24) is 14.9 Å². The summed E-state index contributed by atoms with van der Waals surface area (Å²) in [5.74, 6) is 0.303. The molecule has 3 heterocycles. The second-order valence-electron chi connectivity index (χ2n) is 6.48. The van der Waals surface area contributed by atoms with E-state index in [1.165, 1.54) is 23.3 Å². The van der Waals surface area contributed by atoms with E-state index < -0.39 is 5.97 Å². The van der Waals surface area contributed by atoms with Crippen molar-refractivity contribution in [1.29, 1.82) is 0 Å². The molecule has 24 heavy (non-hydrogen) atoms. The third-order valence-electron chi connectivity index (χ3n) is 4.88. The molecule has 2 aliphatic rings. The number of thiophene rings is 1. The SMILES string of the molecule is Cl.Nc1nc(CN2CCC(C(=O)O)C2)nc2sc3c(c12)CCCC3. The number of carboxylic acid groups (broad SMARTS) is 1. The Kier molecular flexibility index (Phi) is 4.94. The molecule has 0 radical (unpaired) electrons. The van der Waals surface area contributed by atoms with Gasteiger partial charge in [-0.05, 0) is 44.2 Å². The number of nitrogens with two attached hydrogens (primary N) is 1. The molecule has 4 rings (SSSR count). The molecule has 3 N–H and O–H groups in total.